The van der Waals surface area contributed by atoms with Crippen molar-refractivity contribution < 1.29 is 0 Å². The smallest absolute Gasteiger partial charge is 0.162 e. The highest BCUT2D eigenvalue weighted by Gasteiger charge is 2.17. The van der Waals surface area contributed by atoms with Gasteiger partial charge in [0.05, 0.1) is 12.2 Å². The molecule has 2 aromatic rings. The Hall–Kier alpha value is -1.95. The molecule has 3 rings (SSSR count). The molecule has 1 aliphatic heterocycles. The Kier molecular flexibility index (Phi) is 2.71. The third-order valence-corrected chi connectivity index (χ3v) is 3.59. The predicted molar refractivity (Wildman–Crippen MR) is 72.5 cm³/mol. The average Bonchev–Trinajstić information content (AvgIpc) is 2.99. The highest BCUT2D eigenvalue weighted by atomic mass is 32.1. The normalized spacial score (nSPS) is 15.6. The summed E-state index contributed by atoms with van der Waals surface area (Å²) in [6.07, 6.45) is 3.73. The maximum absolute atomic E-state index is 4.54. The Morgan fingerprint density at radius 1 is 1.44 bits per heavy atom. The number of aryl methyl sites for hydroxylation is 1. The van der Waals surface area contributed by atoms with Crippen LogP contribution in [0.3, 0.4) is 0 Å². The van der Waals surface area contributed by atoms with E-state index >= 15 is 0 Å². The van der Waals surface area contributed by atoms with E-state index in [0.29, 0.717) is 6.54 Å². The van der Waals surface area contributed by atoms with Crippen molar-refractivity contribution in [2.45, 2.75) is 6.92 Å². The zero-order valence-corrected chi connectivity index (χ0v) is 11.0. The van der Waals surface area contributed by atoms with Gasteiger partial charge in [-0.15, -0.1) is 11.3 Å². The van der Waals surface area contributed by atoms with Gasteiger partial charge in [0.1, 0.15) is 0 Å². The number of hydrogen-bond acceptors (Lipinski definition) is 5. The number of nitrogens with zero attached hydrogens (tertiary/aromatic N) is 4. The summed E-state index contributed by atoms with van der Waals surface area (Å²) in [6.45, 7) is 2.69. The molecule has 2 aromatic heterocycles. The van der Waals surface area contributed by atoms with Crippen LogP contribution in [-0.4, -0.2) is 27.1 Å². The average molecular weight is 259 g/mol. The molecule has 92 valence electrons. The van der Waals surface area contributed by atoms with Crippen molar-refractivity contribution in [2.24, 2.45) is 12.0 Å². The summed E-state index contributed by atoms with van der Waals surface area (Å²) in [5.41, 5.74) is 3.20. The van der Waals surface area contributed by atoms with Gasteiger partial charge in [0, 0.05) is 36.1 Å². The molecule has 0 unspecified atom stereocenters. The lowest BCUT2D eigenvalue weighted by Crippen LogP contribution is -2.28. The molecule has 0 saturated carbocycles. The zero-order chi connectivity index (χ0) is 12.5. The van der Waals surface area contributed by atoms with E-state index in [1.165, 1.54) is 0 Å². The Bertz CT molecular complexity index is 621. The van der Waals surface area contributed by atoms with Crippen LogP contribution in [0.5, 0.6) is 0 Å². The van der Waals surface area contributed by atoms with E-state index in [2.05, 4.69) is 20.4 Å². The third-order valence-electron chi connectivity index (χ3n) is 2.81. The number of aliphatic imine (C=N–C) groups is 1. The number of thiazole rings is 1. The van der Waals surface area contributed by atoms with Gasteiger partial charge in [0.25, 0.3) is 0 Å². The van der Waals surface area contributed by atoms with Gasteiger partial charge in [-0.2, -0.15) is 5.10 Å². The van der Waals surface area contributed by atoms with Crippen LogP contribution in [0.15, 0.2) is 34.5 Å². The first-order valence-corrected chi connectivity index (χ1v) is 6.53. The summed E-state index contributed by atoms with van der Waals surface area (Å²) in [7, 11) is 1.92. The standard InChI is InChI=1S/C12H13N5S/c1-8-9(10-3-5-17(2)16-10)7-14-11(15-8)12-13-4-6-18-12/h3-6H,7H2,1-2H3,(H,14,15). The quantitative estimate of drug-likeness (QED) is 0.892. The van der Waals surface area contributed by atoms with Crippen molar-refractivity contribution in [3.8, 4) is 0 Å². The van der Waals surface area contributed by atoms with Gasteiger partial charge in [-0.25, -0.2) is 4.98 Å². The molecular weight excluding hydrogens is 246 g/mol. The molecular formula is C12H13N5S. The van der Waals surface area contributed by atoms with Crippen molar-refractivity contribution in [3.63, 3.8) is 0 Å². The van der Waals surface area contributed by atoms with Gasteiger partial charge in [0.2, 0.25) is 0 Å². The van der Waals surface area contributed by atoms with Crippen LogP contribution in [0.1, 0.15) is 17.6 Å². The lowest BCUT2D eigenvalue weighted by Gasteiger charge is -2.17. The SMILES string of the molecule is CC1=C(c2ccn(C)n2)CN=C(c2nccs2)N1. The molecule has 6 heteroatoms. The second kappa shape index (κ2) is 4.38. The van der Waals surface area contributed by atoms with Crippen LogP contribution in [0.4, 0.5) is 0 Å². The van der Waals surface area contributed by atoms with Gasteiger partial charge >= 0.3 is 0 Å². The van der Waals surface area contributed by atoms with E-state index in [1.807, 2.05) is 31.6 Å². The molecule has 18 heavy (non-hydrogen) atoms. The van der Waals surface area contributed by atoms with Crippen molar-refractivity contribution >= 4 is 22.7 Å². The van der Waals surface area contributed by atoms with Crippen LogP contribution in [0, 0.1) is 0 Å². The van der Waals surface area contributed by atoms with E-state index in [1.54, 1.807) is 22.2 Å². The van der Waals surface area contributed by atoms with Gasteiger partial charge in [-0.05, 0) is 13.0 Å². The van der Waals surface area contributed by atoms with Crippen LogP contribution >= 0.6 is 11.3 Å². The van der Waals surface area contributed by atoms with E-state index in [4.69, 9.17) is 0 Å². The number of allylic oxidation sites excluding steroid dienone is 1. The molecule has 3 heterocycles. The van der Waals surface area contributed by atoms with Crippen molar-refractivity contribution in [1.82, 2.24) is 20.1 Å². The topological polar surface area (TPSA) is 55.1 Å². The number of hydrogen-bond donors (Lipinski definition) is 1. The second-order valence-corrected chi connectivity index (χ2v) is 5.00. The highest BCUT2D eigenvalue weighted by molar-refractivity contribution is 7.11. The Morgan fingerprint density at radius 3 is 2.94 bits per heavy atom. The molecule has 1 aliphatic rings. The van der Waals surface area contributed by atoms with E-state index in [-0.39, 0.29) is 0 Å². The molecule has 5 nitrogen and oxygen atoms in total. The first-order valence-electron chi connectivity index (χ1n) is 5.65. The monoisotopic (exact) mass is 259 g/mol. The molecule has 0 atom stereocenters. The number of nitrogens with one attached hydrogen (secondary N) is 1. The fourth-order valence-electron chi connectivity index (χ4n) is 1.88. The van der Waals surface area contributed by atoms with Crippen LogP contribution in [0.25, 0.3) is 5.57 Å². The Morgan fingerprint density at radius 2 is 2.33 bits per heavy atom. The van der Waals surface area contributed by atoms with Gasteiger partial charge in [-0.1, -0.05) is 0 Å². The molecule has 0 amide bonds. The molecule has 0 spiro atoms. The molecule has 1 N–H and O–H groups in total. The fraction of sp³-hybridized carbons (Fsp3) is 0.250. The van der Waals surface area contributed by atoms with E-state index < -0.39 is 0 Å². The minimum Gasteiger partial charge on any atom is -0.341 e. The molecule has 0 saturated heterocycles. The summed E-state index contributed by atoms with van der Waals surface area (Å²) in [4.78, 5) is 8.79. The van der Waals surface area contributed by atoms with E-state index in [0.717, 1.165) is 27.8 Å². The fourth-order valence-corrected chi connectivity index (χ4v) is 2.48. The first kappa shape index (κ1) is 11.2. The summed E-state index contributed by atoms with van der Waals surface area (Å²) in [6, 6.07) is 2.00. The number of rotatable bonds is 2. The Labute approximate surface area is 109 Å². The second-order valence-electron chi connectivity index (χ2n) is 4.11. The summed E-state index contributed by atoms with van der Waals surface area (Å²) >= 11 is 1.59. The predicted octanol–water partition coefficient (Wildman–Crippen LogP) is 1.66. The first-order chi connectivity index (χ1) is 8.74. The number of aromatic nitrogens is 3. The molecule has 0 aromatic carbocycles. The summed E-state index contributed by atoms with van der Waals surface area (Å²) < 4.78 is 1.80. The third kappa shape index (κ3) is 1.95. The molecule has 0 radical (unpaired) electrons. The largest absolute Gasteiger partial charge is 0.341 e. The van der Waals surface area contributed by atoms with Crippen molar-refractivity contribution in [1.29, 1.82) is 0 Å². The number of amidine groups is 1. The Balaban J connectivity index is 1.87. The summed E-state index contributed by atoms with van der Waals surface area (Å²) in [5, 5.41) is 10.6. The van der Waals surface area contributed by atoms with Crippen molar-refractivity contribution in [2.75, 3.05) is 6.54 Å². The van der Waals surface area contributed by atoms with Gasteiger partial charge in [-0.3, -0.25) is 9.67 Å². The molecule has 0 fully saturated rings. The lowest BCUT2D eigenvalue weighted by molar-refractivity contribution is 0.761. The minimum atomic E-state index is 0.644. The van der Waals surface area contributed by atoms with E-state index in [9.17, 15) is 0 Å². The minimum absolute atomic E-state index is 0.644. The van der Waals surface area contributed by atoms with Crippen LogP contribution < -0.4 is 5.32 Å². The maximum Gasteiger partial charge on any atom is 0.162 e. The molecule has 0 bridgehead atoms. The van der Waals surface area contributed by atoms with Gasteiger partial charge in [0.15, 0.2) is 10.8 Å². The van der Waals surface area contributed by atoms with Crippen molar-refractivity contribution in [3.05, 3.63) is 40.2 Å². The zero-order valence-electron chi connectivity index (χ0n) is 10.2. The molecule has 0 aliphatic carbocycles. The summed E-state index contributed by atoms with van der Waals surface area (Å²) in [5.74, 6) is 0.849. The lowest BCUT2D eigenvalue weighted by atomic mass is 10.1. The highest BCUT2D eigenvalue weighted by Crippen LogP contribution is 2.20. The maximum atomic E-state index is 4.54. The van der Waals surface area contributed by atoms with Crippen LogP contribution in [-0.2, 0) is 7.05 Å². The van der Waals surface area contributed by atoms with Crippen LogP contribution in [0.2, 0.25) is 0 Å². The van der Waals surface area contributed by atoms with Gasteiger partial charge < -0.3 is 5.32 Å².